The third-order valence-corrected chi connectivity index (χ3v) is 3.65. The number of hydrogen-bond acceptors (Lipinski definition) is 5. The summed E-state index contributed by atoms with van der Waals surface area (Å²) in [7, 11) is 0. The Morgan fingerprint density at radius 3 is 2.63 bits per heavy atom. The van der Waals surface area contributed by atoms with Crippen LogP contribution in [0.4, 0.5) is 6.01 Å². The Hall–Kier alpha value is -1.92. The molecule has 1 amide bonds. The lowest BCUT2D eigenvalue weighted by Gasteiger charge is -2.13. The van der Waals surface area contributed by atoms with Gasteiger partial charge in [0.15, 0.2) is 5.82 Å². The molecule has 2 N–H and O–H groups in total. The number of nitrogens with one attached hydrogen (secondary N) is 1. The lowest BCUT2D eigenvalue weighted by molar-refractivity contribution is -0.145. The molecule has 0 radical (unpaired) electrons. The zero-order chi connectivity index (χ0) is 14.0. The third kappa shape index (κ3) is 2.91. The second-order valence-corrected chi connectivity index (χ2v) is 4.93. The molecule has 3 atom stereocenters. The zero-order valence-electron chi connectivity index (χ0n) is 10.9. The lowest BCUT2D eigenvalue weighted by atomic mass is 9.95. The van der Waals surface area contributed by atoms with Crippen LogP contribution in [-0.4, -0.2) is 27.1 Å². The van der Waals surface area contributed by atoms with Gasteiger partial charge < -0.3 is 9.63 Å². The van der Waals surface area contributed by atoms with E-state index in [1.165, 1.54) is 0 Å². The standard InChI is InChI=1S/C12H17N3O4/c1-3-7-4-8(9(5-7)11(17)18)10(16)14-12-13-6(2)15-19-12/h7-9H,3-5H2,1-2H3,(H,17,18)(H,13,14,15,16). The number of carboxylic acid groups (broad SMARTS) is 1. The van der Waals surface area contributed by atoms with Crippen molar-refractivity contribution in [2.45, 2.75) is 33.1 Å². The van der Waals surface area contributed by atoms with Crippen LogP contribution in [0.25, 0.3) is 0 Å². The van der Waals surface area contributed by atoms with Gasteiger partial charge in [-0.15, -0.1) is 0 Å². The number of carbonyl (C=O) groups excluding carboxylic acids is 1. The minimum absolute atomic E-state index is 0.0200. The zero-order valence-corrected chi connectivity index (χ0v) is 10.9. The largest absolute Gasteiger partial charge is 0.481 e. The van der Waals surface area contributed by atoms with Gasteiger partial charge in [-0.2, -0.15) is 4.98 Å². The molecule has 19 heavy (non-hydrogen) atoms. The van der Waals surface area contributed by atoms with Crippen molar-refractivity contribution in [1.29, 1.82) is 0 Å². The minimum atomic E-state index is -0.919. The monoisotopic (exact) mass is 267 g/mol. The molecule has 1 heterocycles. The molecule has 2 rings (SSSR count). The molecule has 1 aliphatic carbocycles. The van der Waals surface area contributed by atoms with Crippen LogP contribution in [0.5, 0.6) is 0 Å². The van der Waals surface area contributed by atoms with Crippen molar-refractivity contribution in [3.63, 3.8) is 0 Å². The quantitative estimate of drug-likeness (QED) is 0.855. The Labute approximate surface area is 110 Å². The summed E-state index contributed by atoms with van der Waals surface area (Å²) in [5.74, 6) is -1.74. The summed E-state index contributed by atoms with van der Waals surface area (Å²) in [6.07, 6.45) is 2.02. The summed E-state index contributed by atoms with van der Waals surface area (Å²) < 4.78 is 4.80. The first-order valence-corrected chi connectivity index (χ1v) is 6.35. The fourth-order valence-electron chi connectivity index (χ4n) is 2.58. The number of carbonyl (C=O) groups is 2. The molecular weight excluding hydrogens is 250 g/mol. The molecule has 0 aromatic carbocycles. The van der Waals surface area contributed by atoms with Gasteiger partial charge in [0.2, 0.25) is 5.91 Å². The van der Waals surface area contributed by atoms with Gasteiger partial charge in [0, 0.05) is 0 Å². The minimum Gasteiger partial charge on any atom is -0.481 e. The summed E-state index contributed by atoms with van der Waals surface area (Å²) in [6.45, 7) is 3.65. The van der Waals surface area contributed by atoms with Crippen LogP contribution in [0.15, 0.2) is 4.52 Å². The van der Waals surface area contributed by atoms with Gasteiger partial charge in [-0.1, -0.05) is 18.5 Å². The highest BCUT2D eigenvalue weighted by atomic mass is 16.5. The van der Waals surface area contributed by atoms with E-state index in [4.69, 9.17) is 4.52 Å². The first-order chi connectivity index (χ1) is 9.01. The van der Waals surface area contributed by atoms with E-state index in [1.807, 2.05) is 6.92 Å². The highest BCUT2D eigenvalue weighted by Gasteiger charge is 2.42. The van der Waals surface area contributed by atoms with Gasteiger partial charge in [-0.3, -0.25) is 14.9 Å². The molecular formula is C12H17N3O4. The number of aromatic nitrogens is 2. The maximum Gasteiger partial charge on any atom is 0.328 e. The molecule has 1 saturated carbocycles. The molecule has 0 spiro atoms. The topological polar surface area (TPSA) is 105 Å². The van der Waals surface area contributed by atoms with Gasteiger partial charge >= 0.3 is 12.0 Å². The SMILES string of the molecule is CCC1CC(C(=O)O)C(C(=O)Nc2nc(C)no2)C1. The molecule has 3 unspecified atom stereocenters. The molecule has 1 fully saturated rings. The molecule has 7 nitrogen and oxygen atoms in total. The van der Waals surface area contributed by atoms with E-state index < -0.39 is 17.8 Å². The van der Waals surface area contributed by atoms with Crippen LogP contribution < -0.4 is 5.32 Å². The maximum atomic E-state index is 12.1. The van der Waals surface area contributed by atoms with Crippen molar-refractivity contribution in [3.8, 4) is 0 Å². The smallest absolute Gasteiger partial charge is 0.328 e. The average Bonchev–Trinajstić information content (AvgIpc) is 2.95. The number of rotatable bonds is 4. The Kier molecular flexibility index (Phi) is 3.82. The van der Waals surface area contributed by atoms with Gasteiger partial charge in [0.1, 0.15) is 0 Å². The molecule has 104 valence electrons. The Morgan fingerprint density at radius 2 is 2.11 bits per heavy atom. The Balaban J connectivity index is 2.06. The number of hydrogen-bond donors (Lipinski definition) is 2. The van der Waals surface area contributed by atoms with E-state index in [1.54, 1.807) is 6.92 Å². The Bertz CT molecular complexity index is 485. The molecule has 0 saturated heterocycles. The summed E-state index contributed by atoms with van der Waals surface area (Å²) in [4.78, 5) is 27.2. The fourth-order valence-corrected chi connectivity index (χ4v) is 2.58. The lowest BCUT2D eigenvalue weighted by Crippen LogP contribution is -2.30. The molecule has 0 aliphatic heterocycles. The van der Waals surface area contributed by atoms with Gasteiger partial charge in [0.05, 0.1) is 11.8 Å². The highest BCUT2D eigenvalue weighted by Crippen LogP contribution is 2.38. The van der Waals surface area contributed by atoms with Crippen molar-refractivity contribution >= 4 is 17.9 Å². The van der Waals surface area contributed by atoms with Gasteiger partial charge in [0.25, 0.3) is 0 Å². The van der Waals surface area contributed by atoms with Gasteiger partial charge in [-0.25, -0.2) is 0 Å². The van der Waals surface area contributed by atoms with E-state index in [-0.39, 0.29) is 17.8 Å². The van der Waals surface area contributed by atoms with Gasteiger partial charge in [-0.05, 0) is 25.7 Å². The molecule has 1 aromatic heterocycles. The third-order valence-electron chi connectivity index (χ3n) is 3.65. The van der Waals surface area contributed by atoms with Crippen molar-refractivity contribution < 1.29 is 19.2 Å². The van der Waals surface area contributed by atoms with Crippen molar-refractivity contribution in [1.82, 2.24) is 10.1 Å². The Morgan fingerprint density at radius 1 is 1.42 bits per heavy atom. The van der Waals surface area contributed by atoms with Crippen LogP contribution in [0.2, 0.25) is 0 Å². The van der Waals surface area contributed by atoms with Crippen molar-refractivity contribution in [2.24, 2.45) is 17.8 Å². The van der Waals surface area contributed by atoms with E-state index in [9.17, 15) is 14.7 Å². The number of aryl methyl sites for hydroxylation is 1. The summed E-state index contributed by atoms with van der Waals surface area (Å²) in [5, 5.41) is 15.2. The number of anilines is 1. The first kappa shape index (κ1) is 13.5. The number of nitrogens with zero attached hydrogens (tertiary/aromatic N) is 2. The van der Waals surface area contributed by atoms with Crippen LogP contribution in [0.1, 0.15) is 32.0 Å². The normalized spacial score (nSPS) is 26.3. The molecule has 0 bridgehead atoms. The highest BCUT2D eigenvalue weighted by molar-refractivity contribution is 5.93. The molecule has 7 heteroatoms. The second-order valence-electron chi connectivity index (χ2n) is 4.93. The van der Waals surface area contributed by atoms with Crippen LogP contribution >= 0.6 is 0 Å². The maximum absolute atomic E-state index is 12.1. The van der Waals surface area contributed by atoms with E-state index in [2.05, 4.69) is 15.5 Å². The summed E-state index contributed by atoms with van der Waals surface area (Å²) >= 11 is 0. The fraction of sp³-hybridized carbons (Fsp3) is 0.667. The summed E-state index contributed by atoms with van der Waals surface area (Å²) in [6, 6.07) is 0.0200. The second kappa shape index (κ2) is 5.38. The van der Waals surface area contributed by atoms with Crippen molar-refractivity contribution in [3.05, 3.63) is 5.82 Å². The molecule has 1 aliphatic rings. The number of amides is 1. The van der Waals surface area contributed by atoms with Crippen molar-refractivity contribution in [2.75, 3.05) is 5.32 Å². The molecule has 1 aromatic rings. The summed E-state index contributed by atoms with van der Waals surface area (Å²) in [5.41, 5.74) is 0. The number of aliphatic carboxylic acids is 1. The predicted molar refractivity (Wildman–Crippen MR) is 65.3 cm³/mol. The first-order valence-electron chi connectivity index (χ1n) is 6.35. The average molecular weight is 267 g/mol. The number of carboxylic acids is 1. The van der Waals surface area contributed by atoms with Crippen LogP contribution in [0.3, 0.4) is 0 Å². The van der Waals surface area contributed by atoms with E-state index in [0.717, 1.165) is 6.42 Å². The predicted octanol–water partition coefficient (Wildman–Crippen LogP) is 1.45. The van der Waals surface area contributed by atoms with E-state index in [0.29, 0.717) is 18.7 Å². The van der Waals surface area contributed by atoms with Crippen LogP contribution in [-0.2, 0) is 9.59 Å². The van der Waals surface area contributed by atoms with E-state index >= 15 is 0 Å². The van der Waals surface area contributed by atoms with Crippen LogP contribution in [0, 0.1) is 24.7 Å².